The number of carbonyl (C=O) groups excluding carboxylic acids is 1. The smallest absolute Gasteiger partial charge is 0.152 e. The molecule has 0 aromatic heterocycles. The number of Topliss-reactive ketones (excluding diaryl/α,β-unsaturated/α-hetero) is 1. The van der Waals surface area contributed by atoms with Crippen molar-refractivity contribution in [3.8, 4) is 0 Å². The molecule has 2 aromatic rings. The van der Waals surface area contributed by atoms with E-state index in [2.05, 4.69) is 47.8 Å². The van der Waals surface area contributed by atoms with Gasteiger partial charge >= 0.3 is 0 Å². The Bertz CT molecular complexity index is 665. The molecule has 0 aliphatic carbocycles. The van der Waals surface area contributed by atoms with Crippen LogP contribution in [0.2, 0.25) is 0 Å². The van der Waals surface area contributed by atoms with Crippen LogP contribution in [-0.2, 0) is 16.1 Å². The molecule has 22 heavy (non-hydrogen) atoms. The molecule has 1 aliphatic rings. The lowest BCUT2D eigenvalue weighted by Crippen LogP contribution is -2.33. The quantitative estimate of drug-likeness (QED) is 0.920. The summed E-state index contributed by atoms with van der Waals surface area (Å²) in [5.74, 6) is 0.369. The Kier molecular flexibility index (Phi) is 4.55. The van der Waals surface area contributed by atoms with Crippen LogP contribution in [0.5, 0.6) is 0 Å². The second-order valence-electron chi connectivity index (χ2n) is 6.37. The highest BCUT2D eigenvalue weighted by atomic mass is 16.5. The van der Waals surface area contributed by atoms with Gasteiger partial charge in [0.2, 0.25) is 0 Å². The highest BCUT2D eigenvalue weighted by Crippen LogP contribution is 2.19. The normalized spacial score (nSPS) is 21.6. The predicted octanol–water partition coefficient (Wildman–Crippen LogP) is 3.31. The number of hydrogen-bond acceptors (Lipinski definition) is 3. The van der Waals surface area contributed by atoms with Gasteiger partial charge in [0, 0.05) is 12.5 Å². The minimum absolute atomic E-state index is 0.0402. The Hall–Kier alpha value is -1.71. The van der Waals surface area contributed by atoms with E-state index >= 15 is 0 Å². The maximum atomic E-state index is 12.0. The number of rotatable bonds is 5. The average Bonchev–Trinajstić information content (AvgIpc) is 3.00. The lowest BCUT2D eigenvalue weighted by Gasteiger charge is -2.13. The third-order valence-electron chi connectivity index (χ3n) is 4.30. The first kappa shape index (κ1) is 15.2. The molecule has 116 valence electrons. The summed E-state index contributed by atoms with van der Waals surface area (Å²) in [7, 11) is 0. The fraction of sp³-hybridized carbons (Fsp3) is 0.421. The highest BCUT2D eigenvalue weighted by molar-refractivity contribution is 5.86. The molecule has 0 radical (unpaired) electrons. The van der Waals surface area contributed by atoms with Crippen LogP contribution in [-0.4, -0.2) is 24.5 Å². The van der Waals surface area contributed by atoms with E-state index in [9.17, 15) is 4.79 Å². The Morgan fingerprint density at radius 3 is 2.77 bits per heavy atom. The maximum Gasteiger partial charge on any atom is 0.152 e. The van der Waals surface area contributed by atoms with Crippen LogP contribution in [0, 0.1) is 5.92 Å². The molecule has 1 fully saturated rings. The van der Waals surface area contributed by atoms with Crippen molar-refractivity contribution in [1.29, 1.82) is 0 Å². The second-order valence-corrected chi connectivity index (χ2v) is 6.37. The van der Waals surface area contributed by atoms with Crippen molar-refractivity contribution < 1.29 is 9.53 Å². The third kappa shape index (κ3) is 3.37. The van der Waals surface area contributed by atoms with Gasteiger partial charge in [0.25, 0.3) is 0 Å². The Labute approximate surface area is 131 Å². The fourth-order valence-corrected chi connectivity index (χ4v) is 2.99. The molecule has 1 N–H and O–H groups in total. The molecule has 1 aliphatic heterocycles. The van der Waals surface area contributed by atoms with Gasteiger partial charge in [0.05, 0.1) is 18.8 Å². The molecule has 3 rings (SSSR count). The molecular formula is C19H23NO2. The molecule has 0 amide bonds. The number of nitrogens with one attached hydrogen (secondary N) is 1. The van der Waals surface area contributed by atoms with Crippen LogP contribution < -0.4 is 5.32 Å². The van der Waals surface area contributed by atoms with Crippen LogP contribution >= 0.6 is 0 Å². The van der Waals surface area contributed by atoms with Gasteiger partial charge in [0.1, 0.15) is 0 Å². The van der Waals surface area contributed by atoms with E-state index in [0.29, 0.717) is 6.61 Å². The summed E-state index contributed by atoms with van der Waals surface area (Å²) in [4.78, 5) is 12.0. The number of hydrogen-bond donors (Lipinski definition) is 1. The Morgan fingerprint density at radius 2 is 2.00 bits per heavy atom. The number of ketones is 1. The molecule has 2 unspecified atom stereocenters. The third-order valence-corrected chi connectivity index (χ3v) is 4.30. The van der Waals surface area contributed by atoms with E-state index in [0.717, 1.165) is 13.0 Å². The van der Waals surface area contributed by atoms with Crippen molar-refractivity contribution in [2.75, 3.05) is 6.54 Å². The molecule has 1 saturated heterocycles. The minimum atomic E-state index is -0.0402. The number of ether oxygens (including phenoxy) is 1. The van der Waals surface area contributed by atoms with Crippen LogP contribution in [0.4, 0.5) is 0 Å². The van der Waals surface area contributed by atoms with Crippen molar-refractivity contribution in [2.24, 2.45) is 5.92 Å². The van der Waals surface area contributed by atoms with Gasteiger partial charge in [-0.1, -0.05) is 50.2 Å². The van der Waals surface area contributed by atoms with Crippen molar-refractivity contribution in [3.05, 3.63) is 48.0 Å². The van der Waals surface area contributed by atoms with Gasteiger partial charge in [-0.05, 0) is 28.8 Å². The average molecular weight is 297 g/mol. The number of fused-ring (bicyclic) bond motifs is 1. The number of benzene rings is 2. The van der Waals surface area contributed by atoms with E-state index in [-0.39, 0.29) is 23.8 Å². The Balaban J connectivity index is 1.57. The van der Waals surface area contributed by atoms with Gasteiger partial charge < -0.3 is 10.1 Å². The van der Waals surface area contributed by atoms with Crippen molar-refractivity contribution in [2.45, 2.75) is 39.0 Å². The molecule has 0 saturated carbocycles. The molecule has 3 nitrogen and oxygen atoms in total. The van der Waals surface area contributed by atoms with Crippen LogP contribution in [0.25, 0.3) is 10.8 Å². The predicted molar refractivity (Wildman–Crippen MR) is 88.8 cm³/mol. The molecule has 1 heterocycles. The molecule has 2 atom stereocenters. The molecule has 2 aromatic carbocycles. The van der Waals surface area contributed by atoms with E-state index in [1.165, 1.54) is 16.3 Å². The van der Waals surface area contributed by atoms with E-state index in [1.807, 2.05) is 13.8 Å². The van der Waals surface area contributed by atoms with Crippen molar-refractivity contribution in [1.82, 2.24) is 5.32 Å². The number of carbonyl (C=O) groups is 1. The summed E-state index contributed by atoms with van der Waals surface area (Å²) < 4.78 is 5.98. The van der Waals surface area contributed by atoms with Gasteiger partial charge in [-0.3, -0.25) is 4.79 Å². The summed E-state index contributed by atoms with van der Waals surface area (Å²) in [5, 5.41) is 5.76. The van der Waals surface area contributed by atoms with Gasteiger partial charge in [0.15, 0.2) is 5.78 Å². The molecular weight excluding hydrogens is 274 g/mol. The summed E-state index contributed by atoms with van der Waals surface area (Å²) in [6.07, 6.45) is 0.907. The van der Waals surface area contributed by atoms with E-state index in [1.54, 1.807) is 0 Å². The minimum Gasteiger partial charge on any atom is -0.372 e. The zero-order valence-corrected chi connectivity index (χ0v) is 13.2. The Morgan fingerprint density at radius 1 is 1.23 bits per heavy atom. The highest BCUT2D eigenvalue weighted by Gasteiger charge is 2.30. The van der Waals surface area contributed by atoms with Gasteiger partial charge in [-0.25, -0.2) is 0 Å². The first-order valence-corrected chi connectivity index (χ1v) is 8.00. The summed E-state index contributed by atoms with van der Waals surface area (Å²) in [5.41, 5.74) is 1.18. The zero-order chi connectivity index (χ0) is 15.5. The van der Waals surface area contributed by atoms with Crippen molar-refractivity contribution in [3.63, 3.8) is 0 Å². The summed E-state index contributed by atoms with van der Waals surface area (Å²) >= 11 is 0. The van der Waals surface area contributed by atoms with Gasteiger partial charge in [-0.2, -0.15) is 0 Å². The standard InChI is InChI=1S/C19H23NO2/c1-13(2)19(21)18-10-17(11-20-18)22-12-14-7-8-15-5-3-4-6-16(15)9-14/h3-9,13,17-18,20H,10-12H2,1-2H3. The van der Waals surface area contributed by atoms with E-state index in [4.69, 9.17) is 4.74 Å². The van der Waals surface area contributed by atoms with Gasteiger partial charge in [-0.15, -0.1) is 0 Å². The second kappa shape index (κ2) is 6.59. The first-order valence-electron chi connectivity index (χ1n) is 8.00. The topological polar surface area (TPSA) is 38.3 Å². The van der Waals surface area contributed by atoms with Crippen LogP contribution in [0.15, 0.2) is 42.5 Å². The van der Waals surface area contributed by atoms with E-state index < -0.39 is 0 Å². The van der Waals surface area contributed by atoms with Crippen molar-refractivity contribution >= 4 is 16.6 Å². The maximum absolute atomic E-state index is 12.0. The SMILES string of the molecule is CC(C)C(=O)C1CC(OCc2ccc3ccccc3c2)CN1. The lowest BCUT2D eigenvalue weighted by molar-refractivity contribution is -0.123. The van der Waals surface area contributed by atoms with Crippen LogP contribution in [0.3, 0.4) is 0 Å². The molecule has 0 bridgehead atoms. The molecule has 3 heteroatoms. The summed E-state index contributed by atoms with van der Waals surface area (Å²) in [6, 6.07) is 14.7. The zero-order valence-electron chi connectivity index (χ0n) is 13.2. The lowest BCUT2D eigenvalue weighted by atomic mass is 10.0. The monoisotopic (exact) mass is 297 g/mol. The van der Waals surface area contributed by atoms with Crippen LogP contribution in [0.1, 0.15) is 25.8 Å². The molecule has 0 spiro atoms. The largest absolute Gasteiger partial charge is 0.372 e. The summed E-state index contributed by atoms with van der Waals surface area (Å²) in [6.45, 7) is 5.26. The first-order chi connectivity index (χ1) is 10.6. The fourth-order valence-electron chi connectivity index (χ4n) is 2.99.